The standard InChI is InChI=1S/C15H25N3/c1-4-9-16-14-7-5-6-13(17-14)11-18-10-8-15(2,3)12-18/h5-7H,4,8-12H2,1-3H3,(H,16,17). The van der Waals surface area contributed by atoms with Crippen molar-refractivity contribution in [3.8, 4) is 0 Å². The van der Waals surface area contributed by atoms with Crippen molar-refractivity contribution < 1.29 is 0 Å². The maximum absolute atomic E-state index is 4.67. The Kier molecular flexibility index (Phi) is 4.23. The number of anilines is 1. The van der Waals surface area contributed by atoms with Crippen molar-refractivity contribution in [3.63, 3.8) is 0 Å². The van der Waals surface area contributed by atoms with E-state index in [1.165, 1.54) is 25.2 Å². The van der Waals surface area contributed by atoms with Crippen molar-refractivity contribution in [3.05, 3.63) is 23.9 Å². The molecule has 0 saturated carbocycles. The number of pyridine rings is 1. The predicted octanol–water partition coefficient (Wildman–Crippen LogP) is 3.14. The van der Waals surface area contributed by atoms with Crippen LogP contribution in [0.1, 0.15) is 39.3 Å². The third kappa shape index (κ3) is 3.70. The van der Waals surface area contributed by atoms with Crippen LogP contribution in [0, 0.1) is 5.41 Å². The van der Waals surface area contributed by atoms with E-state index in [2.05, 4.69) is 48.1 Å². The lowest BCUT2D eigenvalue weighted by molar-refractivity contribution is 0.282. The third-order valence-electron chi connectivity index (χ3n) is 3.50. The van der Waals surface area contributed by atoms with Gasteiger partial charge in [0.25, 0.3) is 0 Å². The normalized spacial score (nSPS) is 19.1. The Morgan fingerprint density at radius 2 is 2.22 bits per heavy atom. The first-order chi connectivity index (χ1) is 8.59. The van der Waals surface area contributed by atoms with E-state index in [-0.39, 0.29) is 0 Å². The molecule has 1 aliphatic heterocycles. The van der Waals surface area contributed by atoms with E-state index in [1.807, 2.05) is 6.07 Å². The average molecular weight is 247 g/mol. The van der Waals surface area contributed by atoms with Gasteiger partial charge in [0.2, 0.25) is 0 Å². The molecular weight excluding hydrogens is 222 g/mol. The van der Waals surface area contributed by atoms with Crippen molar-refractivity contribution in [1.82, 2.24) is 9.88 Å². The van der Waals surface area contributed by atoms with E-state index in [4.69, 9.17) is 0 Å². The number of likely N-dealkylation sites (tertiary alicyclic amines) is 1. The molecule has 100 valence electrons. The van der Waals surface area contributed by atoms with Crippen LogP contribution in [0.3, 0.4) is 0 Å². The highest BCUT2D eigenvalue weighted by Crippen LogP contribution is 2.29. The quantitative estimate of drug-likeness (QED) is 0.866. The minimum atomic E-state index is 0.470. The van der Waals surface area contributed by atoms with Crippen LogP contribution in [0.4, 0.5) is 5.82 Å². The Morgan fingerprint density at radius 3 is 2.89 bits per heavy atom. The highest BCUT2D eigenvalue weighted by Gasteiger charge is 2.29. The maximum Gasteiger partial charge on any atom is 0.126 e. The van der Waals surface area contributed by atoms with Crippen molar-refractivity contribution in [2.24, 2.45) is 5.41 Å². The van der Waals surface area contributed by atoms with Crippen LogP contribution in [-0.4, -0.2) is 29.5 Å². The Labute approximate surface area is 111 Å². The topological polar surface area (TPSA) is 28.2 Å². The number of hydrogen-bond donors (Lipinski definition) is 1. The zero-order valence-corrected chi connectivity index (χ0v) is 11.9. The van der Waals surface area contributed by atoms with E-state index < -0.39 is 0 Å². The van der Waals surface area contributed by atoms with Gasteiger partial charge in [0.15, 0.2) is 0 Å². The van der Waals surface area contributed by atoms with E-state index >= 15 is 0 Å². The lowest BCUT2D eigenvalue weighted by Gasteiger charge is -2.19. The summed E-state index contributed by atoms with van der Waals surface area (Å²) in [5, 5.41) is 3.35. The van der Waals surface area contributed by atoms with Crippen LogP contribution in [0.5, 0.6) is 0 Å². The Morgan fingerprint density at radius 1 is 1.39 bits per heavy atom. The molecule has 3 nitrogen and oxygen atoms in total. The van der Waals surface area contributed by atoms with Crippen LogP contribution >= 0.6 is 0 Å². The first kappa shape index (κ1) is 13.3. The number of rotatable bonds is 5. The zero-order valence-electron chi connectivity index (χ0n) is 11.9. The molecular formula is C15H25N3. The second-order valence-corrected chi connectivity index (χ2v) is 6.07. The van der Waals surface area contributed by atoms with Gasteiger partial charge in [-0.2, -0.15) is 0 Å². The molecule has 18 heavy (non-hydrogen) atoms. The van der Waals surface area contributed by atoms with E-state index in [0.717, 1.165) is 25.3 Å². The SMILES string of the molecule is CCCNc1cccc(CN2CCC(C)(C)C2)n1. The second kappa shape index (κ2) is 5.70. The third-order valence-corrected chi connectivity index (χ3v) is 3.50. The molecule has 0 aliphatic carbocycles. The molecule has 0 aromatic carbocycles. The summed E-state index contributed by atoms with van der Waals surface area (Å²) in [5.41, 5.74) is 1.65. The van der Waals surface area contributed by atoms with Gasteiger partial charge in [-0.25, -0.2) is 4.98 Å². The van der Waals surface area contributed by atoms with Crippen LogP contribution < -0.4 is 5.32 Å². The lowest BCUT2D eigenvalue weighted by Crippen LogP contribution is -2.23. The summed E-state index contributed by atoms with van der Waals surface area (Å²) in [4.78, 5) is 7.17. The Bertz CT molecular complexity index is 387. The van der Waals surface area contributed by atoms with Crippen LogP contribution in [-0.2, 0) is 6.54 Å². The molecule has 2 rings (SSSR count). The molecule has 1 aromatic heterocycles. The molecule has 0 amide bonds. The summed E-state index contributed by atoms with van der Waals surface area (Å²) in [6.07, 6.45) is 2.42. The first-order valence-corrected chi connectivity index (χ1v) is 7.01. The first-order valence-electron chi connectivity index (χ1n) is 7.01. The van der Waals surface area contributed by atoms with Gasteiger partial charge in [0.1, 0.15) is 5.82 Å². The number of aromatic nitrogens is 1. The minimum absolute atomic E-state index is 0.470. The van der Waals surface area contributed by atoms with Crippen LogP contribution in [0.25, 0.3) is 0 Å². The van der Waals surface area contributed by atoms with Gasteiger partial charge in [-0.1, -0.05) is 26.8 Å². The molecule has 0 radical (unpaired) electrons. The molecule has 1 saturated heterocycles. The zero-order chi connectivity index (χ0) is 13.0. The van der Waals surface area contributed by atoms with Gasteiger partial charge in [-0.15, -0.1) is 0 Å². The van der Waals surface area contributed by atoms with Crippen LogP contribution in [0.2, 0.25) is 0 Å². The van der Waals surface area contributed by atoms with Crippen molar-refractivity contribution in [2.45, 2.75) is 40.2 Å². The summed E-state index contributed by atoms with van der Waals surface area (Å²) in [6.45, 7) is 11.2. The second-order valence-electron chi connectivity index (χ2n) is 6.07. The number of hydrogen-bond acceptors (Lipinski definition) is 3. The minimum Gasteiger partial charge on any atom is -0.370 e. The van der Waals surface area contributed by atoms with E-state index in [1.54, 1.807) is 0 Å². The van der Waals surface area contributed by atoms with Gasteiger partial charge in [-0.05, 0) is 36.9 Å². The van der Waals surface area contributed by atoms with Crippen molar-refractivity contribution in [1.29, 1.82) is 0 Å². The van der Waals surface area contributed by atoms with Gasteiger partial charge < -0.3 is 5.32 Å². The van der Waals surface area contributed by atoms with Gasteiger partial charge in [0.05, 0.1) is 5.69 Å². The summed E-state index contributed by atoms with van der Waals surface area (Å²) >= 11 is 0. The molecule has 0 atom stereocenters. The molecule has 0 unspecified atom stereocenters. The summed E-state index contributed by atoms with van der Waals surface area (Å²) in [6, 6.07) is 6.27. The van der Waals surface area contributed by atoms with E-state index in [0.29, 0.717) is 5.41 Å². The molecule has 2 heterocycles. The Hall–Kier alpha value is -1.09. The van der Waals surface area contributed by atoms with Gasteiger partial charge >= 0.3 is 0 Å². The van der Waals surface area contributed by atoms with Gasteiger partial charge in [-0.3, -0.25) is 4.90 Å². The fourth-order valence-electron chi connectivity index (χ4n) is 2.51. The fourth-order valence-corrected chi connectivity index (χ4v) is 2.51. The highest BCUT2D eigenvalue weighted by atomic mass is 15.2. The van der Waals surface area contributed by atoms with E-state index in [9.17, 15) is 0 Å². The van der Waals surface area contributed by atoms with Crippen molar-refractivity contribution >= 4 is 5.82 Å². The highest BCUT2D eigenvalue weighted by molar-refractivity contribution is 5.35. The van der Waals surface area contributed by atoms with Crippen molar-refractivity contribution in [2.75, 3.05) is 25.0 Å². The predicted molar refractivity (Wildman–Crippen MR) is 76.7 cm³/mol. The lowest BCUT2D eigenvalue weighted by atomic mass is 9.93. The van der Waals surface area contributed by atoms with Gasteiger partial charge in [0, 0.05) is 19.6 Å². The summed E-state index contributed by atoms with van der Waals surface area (Å²) in [5.74, 6) is 1.01. The molecule has 0 spiro atoms. The molecule has 0 bridgehead atoms. The molecule has 1 aliphatic rings. The van der Waals surface area contributed by atoms with Crippen LogP contribution in [0.15, 0.2) is 18.2 Å². The molecule has 1 aromatic rings. The summed E-state index contributed by atoms with van der Waals surface area (Å²) < 4.78 is 0. The maximum atomic E-state index is 4.67. The molecule has 1 N–H and O–H groups in total. The number of nitrogens with one attached hydrogen (secondary N) is 1. The molecule has 1 fully saturated rings. The smallest absolute Gasteiger partial charge is 0.126 e. The average Bonchev–Trinajstić information content (AvgIpc) is 2.66. The monoisotopic (exact) mass is 247 g/mol. The molecule has 3 heteroatoms. The Balaban J connectivity index is 1.93. The fraction of sp³-hybridized carbons (Fsp3) is 0.667. The number of nitrogens with zero attached hydrogens (tertiary/aromatic N) is 2. The largest absolute Gasteiger partial charge is 0.370 e. The summed E-state index contributed by atoms with van der Waals surface area (Å²) in [7, 11) is 0.